The van der Waals surface area contributed by atoms with Crippen molar-refractivity contribution in [2.45, 2.75) is 31.6 Å². The Labute approximate surface area is 81.9 Å². The van der Waals surface area contributed by atoms with Crippen LogP contribution in [-0.4, -0.2) is 0 Å². The molecule has 0 spiro atoms. The molecule has 0 unspecified atom stereocenters. The minimum atomic E-state index is -0.633. The average molecular weight is 197 g/mol. The summed E-state index contributed by atoms with van der Waals surface area (Å²) in [7, 11) is 0. The van der Waals surface area contributed by atoms with Gasteiger partial charge >= 0.3 is 0 Å². The fourth-order valence-electron chi connectivity index (χ4n) is 2.10. The summed E-state index contributed by atoms with van der Waals surface area (Å²) in [4.78, 5) is 0. The Hall–Kier alpha value is -1.12. The Morgan fingerprint density at radius 1 is 1.07 bits per heavy atom. The van der Waals surface area contributed by atoms with Crippen LogP contribution in [0.25, 0.3) is 0 Å². The highest BCUT2D eigenvalue weighted by Crippen LogP contribution is 2.35. The van der Waals surface area contributed by atoms with E-state index in [1.54, 1.807) is 0 Å². The first-order valence-electron chi connectivity index (χ1n) is 4.93. The first-order valence-corrected chi connectivity index (χ1v) is 4.93. The summed E-state index contributed by atoms with van der Waals surface area (Å²) in [6.45, 7) is 0. The van der Waals surface area contributed by atoms with Crippen LogP contribution in [0.5, 0.6) is 0 Å². The van der Waals surface area contributed by atoms with Crippen molar-refractivity contribution in [1.29, 1.82) is 0 Å². The quantitative estimate of drug-likeness (QED) is 0.687. The summed E-state index contributed by atoms with van der Waals surface area (Å²) >= 11 is 0. The van der Waals surface area contributed by atoms with Crippen LogP contribution in [0.2, 0.25) is 0 Å². The summed E-state index contributed by atoms with van der Waals surface area (Å²) in [5.74, 6) is -0.946. The molecule has 0 atom stereocenters. The van der Waals surface area contributed by atoms with E-state index >= 15 is 0 Å². The van der Waals surface area contributed by atoms with Gasteiger partial charge in [0.15, 0.2) is 0 Å². The molecule has 2 rings (SSSR count). The summed E-state index contributed by atoms with van der Waals surface area (Å²) in [6, 6.07) is 2.74. The summed E-state index contributed by atoms with van der Waals surface area (Å²) in [6.07, 6.45) is 4.36. The van der Waals surface area contributed by atoms with Gasteiger partial charge in [-0.15, -0.1) is 0 Å². The number of benzene rings is 1. The smallest absolute Gasteiger partial charge is 0.149 e. The third-order valence-corrected chi connectivity index (χ3v) is 2.93. The van der Waals surface area contributed by atoms with E-state index in [0.717, 1.165) is 31.2 Å². The molecule has 0 aromatic heterocycles. The van der Waals surface area contributed by atoms with Gasteiger partial charge in [0.05, 0.1) is 0 Å². The number of rotatable bonds is 1. The molecule has 1 nitrogen and oxygen atoms in total. The molecule has 1 aliphatic rings. The Morgan fingerprint density at radius 3 is 2.07 bits per heavy atom. The van der Waals surface area contributed by atoms with Gasteiger partial charge in [0.25, 0.3) is 0 Å². The van der Waals surface area contributed by atoms with Gasteiger partial charge in [-0.2, -0.15) is 0 Å². The predicted molar refractivity (Wildman–Crippen MR) is 52.0 cm³/mol. The van der Waals surface area contributed by atoms with Crippen molar-refractivity contribution < 1.29 is 8.78 Å². The Kier molecular flexibility index (Phi) is 2.40. The van der Waals surface area contributed by atoms with E-state index < -0.39 is 11.6 Å². The van der Waals surface area contributed by atoms with Gasteiger partial charge in [0.2, 0.25) is 0 Å². The molecule has 1 aliphatic carbocycles. The zero-order chi connectivity index (χ0) is 10.1. The van der Waals surface area contributed by atoms with Gasteiger partial charge in [-0.3, -0.25) is 0 Å². The van der Waals surface area contributed by atoms with E-state index in [1.165, 1.54) is 12.1 Å². The standard InChI is InChI=1S/C11H13F2N/c12-9-5-8(6-10(13)11(9)14)7-3-1-2-4-7/h5-7H,1-4,14H2. The number of nitrogen functional groups attached to an aromatic ring is 1. The SMILES string of the molecule is Nc1c(F)cc(C2CCCC2)cc1F. The minimum absolute atomic E-state index is 0.319. The maximum Gasteiger partial charge on any atom is 0.149 e. The van der Waals surface area contributed by atoms with Crippen molar-refractivity contribution in [1.82, 2.24) is 0 Å². The number of hydrogen-bond donors (Lipinski definition) is 1. The van der Waals surface area contributed by atoms with Crippen molar-refractivity contribution in [2.75, 3.05) is 5.73 Å². The van der Waals surface area contributed by atoms with E-state index in [4.69, 9.17) is 5.73 Å². The molecule has 0 amide bonds. The molecule has 1 saturated carbocycles. The summed E-state index contributed by atoms with van der Waals surface area (Å²) in [5.41, 5.74) is 5.59. The van der Waals surface area contributed by atoms with E-state index in [1.807, 2.05) is 0 Å². The van der Waals surface area contributed by atoms with Crippen LogP contribution >= 0.6 is 0 Å². The lowest BCUT2D eigenvalue weighted by atomic mass is 9.97. The molecule has 0 saturated heterocycles. The average Bonchev–Trinajstić information content (AvgIpc) is 2.66. The second kappa shape index (κ2) is 3.56. The molecule has 76 valence electrons. The third kappa shape index (κ3) is 1.59. The van der Waals surface area contributed by atoms with Crippen LogP contribution in [0, 0.1) is 11.6 Å². The zero-order valence-corrected chi connectivity index (χ0v) is 7.89. The number of hydrogen-bond acceptors (Lipinski definition) is 1. The lowest BCUT2D eigenvalue weighted by Crippen LogP contribution is -2.00. The minimum Gasteiger partial charge on any atom is -0.394 e. The predicted octanol–water partition coefficient (Wildman–Crippen LogP) is 3.20. The fourth-order valence-corrected chi connectivity index (χ4v) is 2.10. The van der Waals surface area contributed by atoms with E-state index in [0.29, 0.717) is 5.92 Å². The fraction of sp³-hybridized carbons (Fsp3) is 0.455. The maximum atomic E-state index is 13.1. The molecule has 1 fully saturated rings. The Morgan fingerprint density at radius 2 is 1.57 bits per heavy atom. The van der Waals surface area contributed by atoms with Crippen molar-refractivity contribution in [3.8, 4) is 0 Å². The normalized spacial score (nSPS) is 17.6. The topological polar surface area (TPSA) is 26.0 Å². The lowest BCUT2D eigenvalue weighted by Gasteiger charge is -2.10. The summed E-state index contributed by atoms with van der Waals surface area (Å²) < 4.78 is 26.3. The molecule has 1 aromatic carbocycles. The third-order valence-electron chi connectivity index (χ3n) is 2.93. The van der Waals surface area contributed by atoms with Crippen molar-refractivity contribution >= 4 is 5.69 Å². The van der Waals surface area contributed by atoms with E-state index in [-0.39, 0.29) is 5.69 Å². The first kappa shape index (κ1) is 9.44. The van der Waals surface area contributed by atoms with Crippen LogP contribution in [0.1, 0.15) is 37.2 Å². The van der Waals surface area contributed by atoms with E-state index in [9.17, 15) is 8.78 Å². The second-order valence-corrected chi connectivity index (χ2v) is 3.88. The van der Waals surface area contributed by atoms with Gasteiger partial charge in [0, 0.05) is 0 Å². The summed E-state index contributed by atoms with van der Waals surface area (Å²) in [5, 5.41) is 0. The lowest BCUT2D eigenvalue weighted by molar-refractivity contribution is 0.581. The van der Waals surface area contributed by atoms with E-state index in [2.05, 4.69) is 0 Å². The monoisotopic (exact) mass is 197 g/mol. The van der Waals surface area contributed by atoms with Gasteiger partial charge in [0.1, 0.15) is 17.3 Å². The maximum absolute atomic E-state index is 13.1. The molecule has 0 bridgehead atoms. The zero-order valence-electron chi connectivity index (χ0n) is 7.89. The highest BCUT2D eigenvalue weighted by Gasteiger charge is 2.19. The molecular formula is C11H13F2N. The van der Waals surface area contributed by atoms with Gasteiger partial charge in [-0.1, -0.05) is 12.8 Å². The van der Waals surface area contributed by atoms with Crippen LogP contribution in [0.15, 0.2) is 12.1 Å². The molecule has 2 N–H and O–H groups in total. The van der Waals surface area contributed by atoms with Crippen LogP contribution in [-0.2, 0) is 0 Å². The van der Waals surface area contributed by atoms with Crippen LogP contribution in [0.4, 0.5) is 14.5 Å². The molecule has 14 heavy (non-hydrogen) atoms. The van der Waals surface area contributed by atoms with Gasteiger partial charge in [-0.25, -0.2) is 8.78 Å². The largest absolute Gasteiger partial charge is 0.394 e. The van der Waals surface area contributed by atoms with Crippen molar-refractivity contribution in [3.05, 3.63) is 29.3 Å². The van der Waals surface area contributed by atoms with Crippen molar-refractivity contribution in [3.63, 3.8) is 0 Å². The highest BCUT2D eigenvalue weighted by atomic mass is 19.1. The van der Waals surface area contributed by atoms with Gasteiger partial charge in [-0.05, 0) is 36.5 Å². The van der Waals surface area contributed by atoms with Crippen molar-refractivity contribution in [2.24, 2.45) is 0 Å². The van der Waals surface area contributed by atoms with Crippen LogP contribution in [0.3, 0.4) is 0 Å². The highest BCUT2D eigenvalue weighted by molar-refractivity contribution is 5.44. The second-order valence-electron chi connectivity index (χ2n) is 3.88. The number of nitrogens with two attached hydrogens (primary N) is 1. The molecule has 0 heterocycles. The molecule has 1 aromatic rings. The van der Waals surface area contributed by atoms with Gasteiger partial charge < -0.3 is 5.73 Å². The molecular weight excluding hydrogens is 184 g/mol. The molecule has 0 aliphatic heterocycles. The molecule has 3 heteroatoms. The number of halogens is 2. The first-order chi connectivity index (χ1) is 6.68. The van der Waals surface area contributed by atoms with Crippen LogP contribution < -0.4 is 5.73 Å². The Balaban J connectivity index is 2.34. The molecule has 0 radical (unpaired) electrons. The number of anilines is 1. The Bertz CT molecular complexity index is 320.